The minimum Gasteiger partial charge on any atom is -0.359 e. The second kappa shape index (κ2) is 26.0. The molecule has 142 valence electrons. The molecule has 0 aromatic rings. The number of hydrogen-bond donors (Lipinski definition) is 2. The predicted molar refractivity (Wildman–Crippen MR) is 104 cm³/mol. The molecular weight excluding hydrogens is 304 g/mol. The van der Waals surface area contributed by atoms with Crippen LogP contribution in [0.25, 0.3) is 0 Å². The van der Waals surface area contributed by atoms with Crippen LogP contribution in [0.3, 0.4) is 0 Å². The van der Waals surface area contributed by atoms with Gasteiger partial charge in [0.25, 0.3) is 0 Å². The molecule has 0 aliphatic heterocycles. The average Bonchev–Trinajstić information content (AvgIpc) is 2.63. The lowest BCUT2D eigenvalue weighted by Crippen LogP contribution is -2.37. The number of nitrogens with one attached hydrogen (secondary N) is 2. The highest BCUT2D eigenvalue weighted by molar-refractivity contribution is 5.82. The van der Waals surface area contributed by atoms with Gasteiger partial charge in [-0.2, -0.15) is 0 Å². The number of amides is 2. The van der Waals surface area contributed by atoms with E-state index in [1.165, 1.54) is 7.05 Å². The molecular formula is C19H38N2O3. The van der Waals surface area contributed by atoms with Gasteiger partial charge in [-0.25, -0.2) is 0 Å². The fourth-order valence-electron chi connectivity index (χ4n) is 1.34. The molecule has 2 amide bonds. The Balaban J connectivity index is -0.000000297. The van der Waals surface area contributed by atoms with Gasteiger partial charge in [-0.1, -0.05) is 60.3 Å². The van der Waals surface area contributed by atoms with Gasteiger partial charge in [0.05, 0.1) is 12.5 Å². The van der Waals surface area contributed by atoms with Crippen LogP contribution < -0.4 is 10.6 Å². The summed E-state index contributed by atoms with van der Waals surface area (Å²) in [4.78, 5) is 33.3. The molecule has 0 radical (unpaired) electrons. The number of hydrogen-bond acceptors (Lipinski definition) is 3. The molecule has 0 aromatic carbocycles. The van der Waals surface area contributed by atoms with Crippen LogP contribution in [-0.4, -0.2) is 31.2 Å². The molecule has 0 rings (SSSR count). The zero-order valence-electron chi connectivity index (χ0n) is 16.9. The fourth-order valence-corrected chi connectivity index (χ4v) is 1.34. The number of rotatable bonds is 8. The molecule has 0 aliphatic rings. The Labute approximate surface area is 149 Å². The molecule has 5 nitrogen and oxygen atoms in total. The van der Waals surface area contributed by atoms with Crippen molar-refractivity contribution in [3.63, 3.8) is 0 Å². The predicted octanol–water partition coefficient (Wildman–Crippen LogP) is 3.80. The molecule has 0 heterocycles. The zero-order valence-corrected chi connectivity index (χ0v) is 16.9. The van der Waals surface area contributed by atoms with Crippen molar-refractivity contribution in [3.05, 3.63) is 24.3 Å². The largest absolute Gasteiger partial charge is 0.359 e. The van der Waals surface area contributed by atoms with Crippen LogP contribution in [0, 0.1) is 0 Å². The maximum atomic E-state index is 11.5. The van der Waals surface area contributed by atoms with Crippen LogP contribution >= 0.6 is 0 Å². The number of aldehydes is 1. The molecule has 0 fully saturated rings. The highest BCUT2D eigenvalue weighted by Crippen LogP contribution is 2.01. The molecule has 0 saturated heterocycles. The third-order valence-corrected chi connectivity index (χ3v) is 2.26. The van der Waals surface area contributed by atoms with E-state index < -0.39 is 6.04 Å². The van der Waals surface area contributed by atoms with Gasteiger partial charge >= 0.3 is 0 Å². The molecule has 5 heteroatoms. The molecule has 1 atom stereocenters. The van der Waals surface area contributed by atoms with Gasteiger partial charge in [-0.05, 0) is 18.9 Å². The van der Waals surface area contributed by atoms with E-state index in [4.69, 9.17) is 0 Å². The SMILES string of the molecule is C=C(/C=C\C)CC(=O)NC(C=O)CCC(=O)NC.CC.CC.CC. The Morgan fingerprint density at radius 3 is 1.92 bits per heavy atom. The average molecular weight is 343 g/mol. The molecule has 0 saturated carbocycles. The summed E-state index contributed by atoms with van der Waals surface area (Å²) in [5, 5.41) is 5.01. The van der Waals surface area contributed by atoms with Crippen LogP contribution in [0.5, 0.6) is 0 Å². The molecule has 2 N–H and O–H groups in total. The first-order valence-corrected chi connectivity index (χ1v) is 8.79. The Kier molecular flexibility index (Phi) is 32.5. The van der Waals surface area contributed by atoms with Crippen molar-refractivity contribution in [2.45, 2.75) is 73.8 Å². The first-order valence-electron chi connectivity index (χ1n) is 8.79. The van der Waals surface area contributed by atoms with Crippen LogP contribution in [0.1, 0.15) is 67.7 Å². The number of carbonyl (C=O) groups excluding carboxylic acids is 3. The molecule has 24 heavy (non-hydrogen) atoms. The van der Waals surface area contributed by atoms with Crippen LogP contribution in [0.2, 0.25) is 0 Å². The van der Waals surface area contributed by atoms with Gasteiger partial charge in [0.2, 0.25) is 11.8 Å². The van der Waals surface area contributed by atoms with Crippen LogP contribution in [0.15, 0.2) is 24.3 Å². The lowest BCUT2D eigenvalue weighted by atomic mass is 10.1. The summed E-state index contributed by atoms with van der Waals surface area (Å²) in [5.74, 6) is -0.429. The Bertz CT molecular complexity index is 351. The maximum Gasteiger partial charge on any atom is 0.224 e. The Morgan fingerprint density at radius 1 is 1.04 bits per heavy atom. The minimum absolute atomic E-state index is 0.147. The number of carbonyl (C=O) groups is 3. The highest BCUT2D eigenvalue weighted by atomic mass is 16.2. The Hall–Kier alpha value is -1.91. The van der Waals surface area contributed by atoms with E-state index in [0.717, 1.165) is 0 Å². The third-order valence-electron chi connectivity index (χ3n) is 2.26. The van der Waals surface area contributed by atoms with Gasteiger partial charge in [0.15, 0.2) is 0 Å². The van der Waals surface area contributed by atoms with Crippen molar-refractivity contribution in [2.75, 3.05) is 7.05 Å². The summed E-state index contributed by atoms with van der Waals surface area (Å²) >= 11 is 0. The third kappa shape index (κ3) is 22.4. The van der Waals surface area contributed by atoms with Gasteiger partial charge in [0.1, 0.15) is 6.29 Å². The minimum atomic E-state index is -0.631. The topological polar surface area (TPSA) is 75.3 Å². The lowest BCUT2D eigenvalue weighted by Gasteiger charge is -2.12. The van der Waals surface area contributed by atoms with E-state index in [1.54, 1.807) is 12.2 Å². The van der Waals surface area contributed by atoms with E-state index in [-0.39, 0.29) is 24.7 Å². The monoisotopic (exact) mass is 342 g/mol. The van der Waals surface area contributed by atoms with E-state index in [0.29, 0.717) is 18.3 Å². The van der Waals surface area contributed by atoms with Crippen LogP contribution in [0.4, 0.5) is 0 Å². The quantitative estimate of drug-likeness (QED) is 0.520. The van der Waals surface area contributed by atoms with E-state index in [2.05, 4.69) is 17.2 Å². The summed E-state index contributed by atoms with van der Waals surface area (Å²) < 4.78 is 0. The van der Waals surface area contributed by atoms with Gasteiger partial charge in [0, 0.05) is 13.5 Å². The van der Waals surface area contributed by atoms with Crippen molar-refractivity contribution >= 4 is 18.1 Å². The molecule has 1 unspecified atom stereocenters. The molecule has 0 aromatic heterocycles. The lowest BCUT2D eigenvalue weighted by molar-refractivity contribution is -0.124. The highest BCUT2D eigenvalue weighted by Gasteiger charge is 2.12. The van der Waals surface area contributed by atoms with E-state index >= 15 is 0 Å². The maximum absolute atomic E-state index is 11.5. The van der Waals surface area contributed by atoms with Gasteiger partial charge in [-0.15, -0.1) is 0 Å². The molecule has 0 aliphatic carbocycles. The van der Waals surface area contributed by atoms with Gasteiger partial charge in [-0.3, -0.25) is 9.59 Å². The Morgan fingerprint density at radius 2 is 1.54 bits per heavy atom. The normalized spacial score (nSPS) is 9.67. The summed E-state index contributed by atoms with van der Waals surface area (Å²) in [6.45, 7) is 17.5. The van der Waals surface area contributed by atoms with Crippen molar-refractivity contribution in [1.82, 2.24) is 10.6 Å². The van der Waals surface area contributed by atoms with Crippen molar-refractivity contribution in [2.24, 2.45) is 0 Å². The second-order valence-corrected chi connectivity index (χ2v) is 3.86. The van der Waals surface area contributed by atoms with Gasteiger partial charge < -0.3 is 15.4 Å². The van der Waals surface area contributed by atoms with Crippen molar-refractivity contribution < 1.29 is 14.4 Å². The number of allylic oxidation sites excluding steroid dienone is 2. The van der Waals surface area contributed by atoms with E-state index in [9.17, 15) is 14.4 Å². The van der Waals surface area contributed by atoms with E-state index in [1.807, 2.05) is 48.5 Å². The first kappa shape index (κ1) is 30.0. The summed E-state index contributed by atoms with van der Waals surface area (Å²) in [6.07, 6.45) is 4.81. The van der Waals surface area contributed by atoms with Crippen molar-refractivity contribution in [1.29, 1.82) is 0 Å². The zero-order chi connectivity index (χ0) is 20.0. The second-order valence-electron chi connectivity index (χ2n) is 3.86. The molecule has 0 spiro atoms. The summed E-state index contributed by atoms with van der Waals surface area (Å²) in [5.41, 5.74) is 0.672. The fraction of sp³-hybridized carbons (Fsp3) is 0.632. The van der Waals surface area contributed by atoms with Crippen molar-refractivity contribution in [3.8, 4) is 0 Å². The smallest absolute Gasteiger partial charge is 0.224 e. The standard InChI is InChI=1S/C13H20N2O3.3C2H6/c1-4-5-10(2)8-13(18)15-11(9-16)6-7-12(17)14-3;3*1-2/h4-5,9,11H,2,6-8H2,1,3H3,(H,14,17)(H,15,18);3*1-2H3/b5-4-;;;. The summed E-state index contributed by atoms with van der Waals surface area (Å²) in [6, 6.07) is -0.631. The first-order chi connectivity index (χ1) is 11.5. The van der Waals surface area contributed by atoms with Crippen LogP contribution in [-0.2, 0) is 14.4 Å². The molecule has 0 bridgehead atoms. The summed E-state index contributed by atoms with van der Waals surface area (Å²) in [7, 11) is 1.53.